The van der Waals surface area contributed by atoms with E-state index in [1.807, 2.05) is 0 Å². The molecular formula is C12H13F2N3O2. The molecule has 5 nitrogen and oxygen atoms in total. The minimum Gasteiger partial charge on any atom is -0.394 e. The second-order valence-corrected chi connectivity index (χ2v) is 4.38. The van der Waals surface area contributed by atoms with E-state index in [1.165, 1.54) is 0 Å². The SMILES string of the molecule is Nc1c(F)cc(C(=O)NCC(=O)NC2CC2)cc1F. The average molecular weight is 269 g/mol. The molecule has 1 aromatic rings. The van der Waals surface area contributed by atoms with E-state index in [2.05, 4.69) is 10.6 Å². The van der Waals surface area contributed by atoms with E-state index < -0.39 is 23.2 Å². The van der Waals surface area contributed by atoms with Gasteiger partial charge in [-0.05, 0) is 25.0 Å². The number of anilines is 1. The zero-order valence-corrected chi connectivity index (χ0v) is 10.0. The van der Waals surface area contributed by atoms with Crippen molar-refractivity contribution in [3.63, 3.8) is 0 Å². The second kappa shape index (κ2) is 5.21. The van der Waals surface area contributed by atoms with Crippen molar-refractivity contribution in [2.24, 2.45) is 0 Å². The molecule has 1 aliphatic rings. The molecule has 1 fully saturated rings. The molecule has 19 heavy (non-hydrogen) atoms. The Kier molecular flexibility index (Phi) is 3.64. The molecule has 7 heteroatoms. The predicted molar refractivity (Wildman–Crippen MR) is 64.3 cm³/mol. The molecular weight excluding hydrogens is 256 g/mol. The molecule has 0 heterocycles. The summed E-state index contributed by atoms with van der Waals surface area (Å²) in [6.07, 6.45) is 1.88. The van der Waals surface area contributed by atoms with Crippen LogP contribution in [0, 0.1) is 11.6 Å². The van der Waals surface area contributed by atoms with Crippen LogP contribution in [0.3, 0.4) is 0 Å². The van der Waals surface area contributed by atoms with Crippen LogP contribution >= 0.6 is 0 Å². The zero-order valence-electron chi connectivity index (χ0n) is 10.0. The third-order valence-electron chi connectivity index (χ3n) is 2.69. The van der Waals surface area contributed by atoms with Gasteiger partial charge in [-0.1, -0.05) is 0 Å². The number of nitrogen functional groups attached to an aromatic ring is 1. The summed E-state index contributed by atoms with van der Waals surface area (Å²) in [7, 11) is 0. The number of benzene rings is 1. The first kappa shape index (κ1) is 13.3. The average Bonchev–Trinajstić information content (AvgIpc) is 3.16. The van der Waals surface area contributed by atoms with Gasteiger partial charge in [0.1, 0.15) is 17.3 Å². The Bertz CT molecular complexity index is 507. The zero-order chi connectivity index (χ0) is 14.0. The van der Waals surface area contributed by atoms with Crippen LogP contribution in [0.15, 0.2) is 12.1 Å². The van der Waals surface area contributed by atoms with Gasteiger partial charge in [0.05, 0.1) is 6.54 Å². The summed E-state index contributed by atoms with van der Waals surface area (Å²) in [6.45, 7) is -0.233. The highest BCUT2D eigenvalue weighted by molar-refractivity contribution is 5.96. The molecule has 1 aromatic carbocycles. The molecule has 102 valence electrons. The van der Waals surface area contributed by atoms with Crippen molar-refractivity contribution >= 4 is 17.5 Å². The maximum atomic E-state index is 13.2. The van der Waals surface area contributed by atoms with Crippen LogP contribution in [-0.2, 0) is 4.79 Å². The van der Waals surface area contributed by atoms with Crippen molar-refractivity contribution in [2.75, 3.05) is 12.3 Å². The maximum absolute atomic E-state index is 13.2. The summed E-state index contributed by atoms with van der Waals surface area (Å²) in [5, 5.41) is 4.95. The molecule has 0 saturated heterocycles. The molecule has 0 bridgehead atoms. The van der Waals surface area contributed by atoms with E-state index in [4.69, 9.17) is 5.73 Å². The van der Waals surface area contributed by atoms with Crippen LogP contribution in [-0.4, -0.2) is 24.4 Å². The number of amides is 2. The van der Waals surface area contributed by atoms with Gasteiger partial charge < -0.3 is 16.4 Å². The quantitative estimate of drug-likeness (QED) is 0.698. The predicted octanol–water partition coefficient (Wildman–Crippen LogP) is 0.555. The third kappa shape index (κ3) is 3.40. The summed E-state index contributed by atoms with van der Waals surface area (Å²) in [5.41, 5.74) is 4.23. The van der Waals surface area contributed by atoms with Crippen LogP contribution in [0.5, 0.6) is 0 Å². The van der Waals surface area contributed by atoms with E-state index in [0.717, 1.165) is 25.0 Å². The van der Waals surface area contributed by atoms with Crippen molar-refractivity contribution in [1.29, 1.82) is 0 Å². The summed E-state index contributed by atoms with van der Waals surface area (Å²) >= 11 is 0. The molecule has 2 amide bonds. The Morgan fingerprint density at radius 1 is 1.26 bits per heavy atom. The lowest BCUT2D eigenvalue weighted by Crippen LogP contribution is -2.37. The van der Waals surface area contributed by atoms with Gasteiger partial charge in [-0.3, -0.25) is 9.59 Å². The summed E-state index contributed by atoms with van der Waals surface area (Å²) in [5.74, 6) is -3.07. The van der Waals surface area contributed by atoms with Gasteiger partial charge in [0.25, 0.3) is 5.91 Å². The Morgan fingerprint density at radius 3 is 2.37 bits per heavy atom. The van der Waals surface area contributed by atoms with Crippen LogP contribution in [0.2, 0.25) is 0 Å². The fourth-order valence-electron chi connectivity index (χ4n) is 1.48. The van der Waals surface area contributed by atoms with Gasteiger partial charge in [0, 0.05) is 11.6 Å². The van der Waals surface area contributed by atoms with E-state index in [-0.39, 0.29) is 24.1 Å². The molecule has 0 atom stereocenters. The van der Waals surface area contributed by atoms with Gasteiger partial charge >= 0.3 is 0 Å². The number of rotatable bonds is 4. The highest BCUT2D eigenvalue weighted by Crippen LogP contribution is 2.18. The van der Waals surface area contributed by atoms with Crippen molar-refractivity contribution in [3.8, 4) is 0 Å². The number of hydrogen-bond donors (Lipinski definition) is 3. The summed E-state index contributed by atoms with van der Waals surface area (Å²) < 4.78 is 26.3. The first-order valence-corrected chi connectivity index (χ1v) is 5.79. The number of carbonyl (C=O) groups is 2. The first-order chi connectivity index (χ1) is 8.97. The molecule has 0 aromatic heterocycles. The Morgan fingerprint density at radius 2 is 1.84 bits per heavy atom. The van der Waals surface area contributed by atoms with E-state index in [0.29, 0.717) is 0 Å². The van der Waals surface area contributed by atoms with Gasteiger partial charge in [-0.15, -0.1) is 0 Å². The summed E-state index contributed by atoms with van der Waals surface area (Å²) in [6, 6.07) is 1.84. The monoisotopic (exact) mass is 269 g/mol. The van der Waals surface area contributed by atoms with E-state index in [1.54, 1.807) is 0 Å². The molecule has 1 aliphatic carbocycles. The maximum Gasteiger partial charge on any atom is 0.251 e. The van der Waals surface area contributed by atoms with E-state index in [9.17, 15) is 18.4 Å². The second-order valence-electron chi connectivity index (χ2n) is 4.38. The standard InChI is InChI=1S/C12H13F2N3O2/c13-8-3-6(4-9(14)11(8)15)12(19)16-5-10(18)17-7-1-2-7/h3-4,7H,1-2,5,15H2,(H,16,19)(H,17,18). The van der Waals surface area contributed by atoms with Gasteiger partial charge in [0.15, 0.2) is 0 Å². The third-order valence-corrected chi connectivity index (χ3v) is 2.69. The number of nitrogens with two attached hydrogens (primary N) is 1. The largest absolute Gasteiger partial charge is 0.394 e. The van der Waals surface area contributed by atoms with Crippen LogP contribution < -0.4 is 16.4 Å². The van der Waals surface area contributed by atoms with Crippen LogP contribution in [0.1, 0.15) is 23.2 Å². The van der Waals surface area contributed by atoms with Crippen molar-refractivity contribution in [2.45, 2.75) is 18.9 Å². The van der Waals surface area contributed by atoms with Gasteiger partial charge in [-0.25, -0.2) is 8.78 Å². The number of carbonyl (C=O) groups excluding carboxylic acids is 2. The Hall–Kier alpha value is -2.18. The van der Waals surface area contributed by atoms with Crippen molar-refractivity contribution in [1.82, 2.24) is 10.6 Å². The molecule has 0 aliphatic heterocycles. The minimum atomic E-state index is -1.01. The normalized spacial score (nSPS) is 14.0. The van der Waals surface area contributed by atoms with Crippen LogP contribution in [0.25, 0.3) is 0 Å². The van der Waals surface area contributed by atoms with E-state index >= 15 is 0 Å². The number of halogens is 2. The molecule has 2 rings (SSSR count). The Balaban J connectivity index is 1.93. The lowest BCUT2D eigenvalue weighted by atomic mass is 10.1. The fourth-order valence-corrected chi connectivity index (χ4v) is 1.48. The minimum absolute atomic E-state index is 0.191. The fraction of sp³-hybridized carbons (Fsp3) is 0.333. The molecule has 1 saturated carbocycles. The molecule has 0 radical (unpaired) electrons. The highest BCUT2D eigenvalue weighted by atomic mass is 19.1. The Labute approximate surface area is 108 Å². The van der Waals surface area contributed by atoms with Crippen LogP contribution in [0.4, 0.5) is 14.5 Å². The first-order valence-electron chi connectivity index (χ1n) is 5.79. The van der Waals surface area contributed by atoms with Gasteiger partial charge in [0.2, 0.25) is 5.91 Å². The molecule has 4 N–H and O–H groups in total. The summed E-state index contributed by atoms with van der Waals surface area (Å²) in [4.78, 5) is 22.9. The number of hydrogen-bond acceptors (Lipinski definition) is 3. The molecule has 0 unspecified atom stereocenters. The topological polar surface area (TPSA) is 84.2 Å². The lowest BCUT2D eigenvalue weighted by molar-refractivity contribution is -0.120. The van der Waals surface area contributed by atoms with Crippen molar-refractivity contribution in [3.05, 3.63) is 29.3 Å². The highest BCUT2D eigenvalue weighted by Gasteiger charge is 2.23. The van der Waals surface area contributed by atoms with Gasteiger partial charge in [-0.2, -0.15) is 0 Å². The smallest absolute Gasteiger partial charge is 0.251 e. The number of nitrogens with one attached hydrogen (secondary N) is 2. The van der Waals surface area contributed by atoms with Crippen molar-refractivity contribution < 1.29 is 18.4 Å². The lowest BCUT2D eigenvalue weighted by Gasteiger charge is -2.07. The molecule has 0 spiro atoms.